The Morgan fingerprint density at radius 1 is 1.00 bits per heavy atom. The Morgan fingerprint density at radius 2 is 1.68 bits per heavy atom. The molecule has 2 aromatic rings. The lowest BCUT2D eigenvalue weighted by Crippen LogP contribution is -2.19. The van der Waals surface area contributed by atoms with Crippen LogP contribution in [0.1, 0.15) is 37.8 Å². The molecule has 0 aliphatic carbocycles. The highest BCUT2D eigenvalue weighted by Gasteiger charge is 2.17. The van der Waals surface area contributed by atoms with Gasteiger partial charge in [0.1, 0.15) is 11.5 Å². The summed E-state index contributed by atoms with van der Waals surface area (Å²) in [5, 5.41) is 2.94. The van der Waals surface area contributed by atoms with E-state index in [0.717, 1.165) is 12.0 Å². The predicted molar refractivity (Wildman–Crippen MR) is 102 cm³/mol. The van der Waals surface area contributed by atoms with Gasteiger partial charge >= 0.3 is 0 Å². The molecule has 0 aromatic heterocycles. The van der Waals surface area contributed by atoms with Crippen LogP contribution in [0.5, 0.6) is 11.5 Å². The predicted octanol–water partition coefficient (Wildman–Crippen LogP) is 4.64. The van der Waals surface area contributed by atoms with Crippen LogP contribution in [0.25, 0.3) is 0 Å². The number of rotatable bonds is 7. The maximum absolute atomic E-state index is 12.6. The van der Waals surface area contributed by atoms with E-state index in [1.807, 2.05) is 19.1 Å². The van der Waals surface area contributed by atoms with Crippen molar-refractivity contribution in [2.75, 3.05) is 19.5 Å². The maximum atomic E-state index is 12.6. The molecule has 1 N–H and O–H groups in total. The minimum absolute atomic E-state index is 0.0694. The third-order valence-corrected chi connectivity index (χ3v) is 4.18. The van der Waals surface area contributed by atoms with E-state index in [9.17, 15) is 4.79 Å². The fourth-order valence-corrected chi connectivity index (χ4v) is 2.71. The zero-order valence-corrected chi connectivity index (χ0v) is 15.6. The fraction of sp³-hybridized carbons (Fsp3) is 0.381. The third kappa shape index (κ3) is 4.99. The second-order valence-electron chi connectivity index (χ2n) is 6.62. The fourth-order valence-electron chi connectivity index (χ4n) is 2.71. The minimum atomic E-state index is -0.250. The highest BCUT2D eigenvalue weighted by atomic mass is 16.5. The number of benzene rings is 2. The Bertz CT molecular complexity index is 708. The van der Waals surface area contributed by atoms with Gasteiger partial charge in [-0.25, -0.2) is 0 Å². The molecule has 0 aliphatic rings. The van der Waals surface area contributed by atoms with Crippen LogP contribution < -0.4 is 14.8 Å². The molecule has 0 saturated carbocycles. The Balaban J connectivity index is 2.10. The molecule has 0 spiro atoms. The van der Waals surface area contributed by atoms with Gasteiger partial charge in [-0.2, -0.15) is 0 Å². The summed E-state index contributed by atoms with van der Waals surface area (Å²) >= 11 is 0. The summed E-state index contributed by atoms with van der Waals surface area (Å²) < 4.78 is 10.5. The summed E-state index contributed by atoms with van der Waals surface area (Å²) in [6, 6.07) is 13.6. The third-order valence-electron chi connectivity index (χ3n) is 4.18. The van der Waals surface area contributed by atoms with Crippen molar-refractivity contribution in [3.63, 3.8) is 0 Å². The van der Waals surface area contributed by atoms with Crippen LogP contribution in [0.15, 0.2) is 42.5 Å². The van der Waals surface area contributed by atoms with E-state index in [-0.39, 0.29) is 11.8 Å². The zero-order chi connectivity index (χ0) is 18.4. The molecule has 2 rings (SSSR count). The van der Waals surface area contributed by atoms with Crippen molar-refractivity contribution >= 4 is 11.6 Å². The van der Waals surface area contributed by atoms with Crippen LogP contribution in [0.3, 0.4) is 0 Å². The first-order valence-corrected chi connectivity index (χ1v) is 8.56. The van der Waals surface area contributed by atoms with Crippen molar-refractivity contribution in [3.8, 4) is 11.5 Å². The molecule has 0 aliphatic heterocycles. The van der Waals surface area contributed by atoms with E-state index >= 15 is 0 Å². The van der Waals surface area contributed by atoms with Gasteiger partial charge in [-0.3, -0.25) is 4.79 Å². The van der Waals surface area contributed by atoms with Crippen LogP contribution in [-0.2, 0) is 11.2 Å². The molecular weight excluding hydrogens is 314 g/mol. The number of anilines is 1. The average molecular weight is 341 g/mol. The summed E-state index contributed by atoms with van der Waals surface area (Å²) in [5.74, 6) is 1.56. The van der Waals surface area contributed by atoms with Crippen molar-refractivity contribution in [2.24, 2.45) is 5.92 Å². The zero-order valence-electron chi connectivity index (χ0n) is 15.6. The van der Waals surface area contributed by atoms with Crippen molar-refractivity contribution in [1.29, 1.82) is 0 Å². The number of methoxy groups -OCH3 is 2. The summed E-state index contributed by atoms with van der Waals surface area (Å²) in [4.78, 5) is 12.6. The largest absolute Gasteiger partial charge is 0.497 e. The Labute approximate surface area is 150 Å². The molecule has 25 heavy (non-hydrogen) atoms. The van der Waals surface area contributed by atoms with Crippen LogP contribution >= 0.6 is 0 Å². The second kappa shape index (κ2) is 8.56. The van der Waals surface area contributed by atoms with Gasteiger partial charge in [-0.1, -0.05) is 38.1 Å². The Kier molecular flexibility index (Phi) is 6.45. The molecular formula is C21H27NO3. The van der Waals surface area contributed by atoms with Gasteiger partial charge < -0.3 is 14.8 Å². The van der Waals surface area contributed by atoms with Crippen LogP contribution in [0.4, 0.5) is 5.69 Å². The van der Waals surface area contributed by atoms with Gasteiger partial charge in [0, 0.05) is 6.07 Å². The number of nitrogens with one attached hydrogen (secondary N) is 1. The normalized spacial score (nSPS) is 11.9. The summed E-state index contributed by atoms with van der Waals surface area (Å²) in [7, 11) is 3.17. The number of hydrogen-bond acceptors (Lipinski definition) is 3. The smallest absolute Gasteiger partial charge is 0.231 e. The number of amides is 1. The van der Waals surface area contributed by atoms with Gasteiger partial charge in [0.2, 0.25) is 5.91 Å². The second-order valence-corrected chi connectivity index (χ2v) is 6.62. The van der Waals surface area contributed by atoms with E-state index in [1.165, 1.54) is 5.56 Å². The van der Waals surface area contributed by atoms with Gasteiger partial charge in [-0.15, -0.1) is 0 Å². The summed E-state index contributed by atoms with van der Waals surface area (Å²) in [5.41, 5.74) is 2.93. The van der Waals surface area contributed by atoms with Crippen LogP contribution in [0, 0.1) is 5.92 Å². The summed E-state index contributed by atoms with van der Waals surface area (Å²) in [6.45, 7) is 6.31. The van der Waals surface area contributed by atoms with Crippen LogP contribution in [0.2, 0.25) is 0 Å². The first-order chi connectivity index (χ1) is 11.9. The monoisotopic (exact) mass is 341 g/mol. The molecule has 1 atom stereocenters. The molecule has 1 unspecified atom stereocenters. The molecule has 0 fully saturated rings. The highest BCUT2D eigenvalue weighted by Crippen LogP contribution is 2.30. The molecule has 134 valence electrons. The number of hydrogen-bond donors (Lipinski definition) is 1. The topological polar surface area (TPSA) is 47.6 Å². The SMILES string of the molecule is COc1ccc(NC(=O)C(C)c2ccc(CC(C)C)cc2)c(OC)c1. The van der Waals surface area contributed by atoms with E-state index in [0.29, 0.717) is 23.1 Å². The molecule has 0 bridgehead atoms. The molecule has 2 aromatic carbocycles. The van der Waals surface area contributed by atoms with Gasteiger partial charge in [0.25, 0.3) is 0 Å². The van der Waals surface area contributed by atoms with E-state index in [4.69, 9.17) is 9.47 Å². The molecule has 0 saturated heterocycles. The van der Waals surface area contributed by atoms with Crippen molar-refractivity contribution < 1.29 is 14.3 Å². The van der Waals surface area contributed by atoms with Crippen molar-refractivity contribution in [1.82, 2.24) is 0 Å². The number of carbonyl (C=O) groups is 1. The lowest BCUT2D eigenvalue weighted by molar-refractivity contribution is -0.117. The average Bonchev–Trinajstić information content (AvgIpc) is 2.61. The summed E-state index contributed by atoms with van der Waals surface area (Å²) in [6.07, 6.45) is 1.05. The van der Waals surface area contributed by atoms with Gasteiger partial charge in [-0.05, 0) is 42.5 Å². The number of carbonyl (C=O) groups excluding carboxylic acids is 1. The van der Waals surface area contributed by atoms with Crippen molar-refractivity contribution in [3.05, 3.63) is 53.6 Å². The maximum Gasteiger partial charge on any atom is 0.231 e. The van der Waals surface area contributed by atoms with Gasteiger partial charge in [0.15, 0.2) is 0 Å². The Hall–Kier alpha value is -2.49. The highest BCUT2D eigenvalue weighted by molar-refractivity contribution is 5.96. The Morgan fingerprint density at radius 3 is 2.24 bits per heavy atom. The van der Waals surface area contributed by atoms with Crippen molar-refractivity contribution in [2.45, 2.75) is 33.1 Å². The lowest BCUT2D eigenvalue weighted by atomic mass is 9.96. The minimum Gasteiger partial charge on any atom is -0.497 e. The lowest BCUT2D eigenvalue weighted by Gasteiger charge is -2.16. The first kappa shape index (κ1) is 18.8. The first-order valence-electron chi connectivity index (χ1n) is 8.56. The van der Waals surface area contributed by atoms with Gasteiger partial charge in [0.05, 0.1) is 25.8 Å². The molecule has 0 heterocycles. The van der Waals surface area contributed by atoms with E-state index in [2.05, 4.69) is 31.3 Å². The van der Waals surface area contributed by atoms with E-state index < -0.39 is 0 Å². The van der Waals surface area contributed by atoms with E-state index in [1.54, 1.807) is 32.4 Å². The molecule has 0 radical (unpaired) electrons. The quantitative estimate of drug-likeness (QED) is 0.798. The molecule has 4 heteroatoms. The number of ether oxygens (including phenoxy) is 2. The van der Waals surface area contributed by atoms with Crippen LogP contribution in [-0.4, -0.2) is 20.1 Å². The molecule has 1 amide bonds. The molecule has 4 nitrogen and oxygen atoms in total. The standard InChI is InChI=1S/C21H27NO3/c1-14(2)12-16-6-8-17(9-7-16)15(3)21(23)22-19-11-10-18(24-4)13-20(19)25-5/h6-11,13-15H,12H2,1-5H3,(H,22,23).